The first-order chi connectivity index (χ1) is 7.56. The Labute approximate surface area is 97.6 Å². The molecule has 1 heterocycles. The molecule has 0 saturated heterocycles. The number of hydrogen-bond acceptors (Lipinski definition) is 3. The molecule has 1 aliphatic heterocycles. The highest BCUT2D eigenvalue weighted by molar-refractivity contribution is 6.08. The molecule has 0 aromatic rings. The number of hydrogen-bond donors (Lipinski definition) is 0. The Morgan fingerprint density at radius 3 is 2.56 bits per heavy atom. The van der Waals surface area contributed by atoms with Crippen molar-refractivity contribution >= 4 is 11.7 Å². The Morgan fingerprint density at radius 1 is 1.31 bits per heavy atom. The summed E-state index contributed by atoms with van der Waals surface area (Å²) in [5.41, 5.74) is 1.13. The van der Waals surface area contributed by atoms with Gasteiger partial charge in [0.15, 0.2) is 0 Å². The molecule has 0 spiro atoms. The van der Waals surface area contributed by atoms with Crippen LogP contribution in [0.25, 0.3) is 0 Å². The van der Waals surface area contributed by atoms with E-state index in [0.29, 0.717) is 0 Å². The second-order valence-corrected chi connectivity index (χ2v) is 3.92. The quantitative estimate of drug-likeness (QED) is 0.653. The molecule has 3 heteroatoms. The van der Waals surface area contributed by atoms with E-state index in [2.05, 4.69) is 23.5 Å². The minimum Gasteiger partial charge on any atom is -0.362 e. The molecule has 0 radical (unpaired) electrons. The fraction of sp³-hybridized carbons (Fsp3) is 0.385. The van der Waals surface area contributed by atoms with E-state index in [1.54, 1.807) is 6.08 Å². The molecule has 1 aliphatic rings. The minimum atomic E-state index is 0.157. The summed E-state index contributed by atoms with van der Waals surface area (Å²) in [5, 5.41) is 0. The van der Waals surface area contributed by atoms with E-state index in [1.165, 1.54) is 0 Å². The monoisotopic (exact) mass is 217 g/mol. The molecule has 0 N–H and O–H groups in total. The summed E-state index contributed by atoms with van der Waals surface area (Å²) in [7, 11) is 3.99. The van der Waals surface area contributed by atoms with E-state index in [9.17, 15) is 0 Å². The van der Waals surface area contributed by atoms with Gasteiger partial charge in [0, 0.05) is 19.7 Å². The van der Waals surface area contributed by atoms with Gasteiger partial charge in [-0.05, 0) is 13.8 Å². The molecule has 1 unspecified atom stereocenters. The largest absolute Gasteiger partial charge is 0.362 e. The highest BCUT2D eigenvalue weighted by Gasteiger charge is 2.19. The molecular formula is C13H19N3. The van der Waals surface area contributed by atoms with Crippen LogP contribution in [-0.4, -0.2) is 36.7 Å². The molecule has 3 nitrogen and oxygen atoms in total. The normalized spacial score (nSPS) is 23.2. The summed E-state index contributed by atoms with van der Waals surface area (Å²) >= 11 is 0. The van der Waals surface area contributed by atoms with Crippen LogP contribution in [0.2, 0.25) is 0 Å². The zero-order valence-corrected chi connectivity index (χ0v) is 10.4. The van der Waals surface area contributed by atoms with Crippen LogP contribution in [0.5, 0.6) is 0 Å². The summed E-state index contributed by atoms with van der Waals surface area (Å²) < 4.78 is 0. The Morgan fingerprint density at radius 2 is 2.00 bits per heavy atom. The van der Waals surface area contributed by atoms with Gasteiger partial charge in [0.25, 0.3) is 0 Å². The van der Waals surface area contributed by atoms with Crippen molar-refractivity contribution in [2.75, 3.05) is 14.1 Å². The van der Waals surface area contributed by atoms with Gasteiger partial charge < -0.3 is 4.90 Å². The lowest BCUT2D eigenvalue weighted by molar-refractivity contribution is 0.613. The van der Waals surface area contributed by atoms with Crippen molar-refractivity contribution in [2.24, 2.45) is 9.98 Å². The standard InChI is InChI=1S/C13H19N3/c1-6-7-8-9-12-10(2)14-11(3)15-13(12)16(4)5/h6-10H,1H2,2-5H3/b8-7-,12-9+. The maximum atomic E-state index is 4.46. The third-order valence-corrected chi connectivity index (χ3v) is 2.30. The molecule has 0 aromatic heterocycles. The predicted octanol–water partition coefficient (Wildman–Crippen LogP) is 2.44. The molecular weight excluding hydrogens is 198 g/mol. The van der Waals surface area contributed by atoms with Gasteiger partial charge in [0.05, 0.1) is 6.04 Å². The van der Waals surface area contributed by atoms with Gasteiger partial charge in [-0.15, -0.1) is 0 Å². The molecule has 16 heavy (non-hydrogen) atoms. The van der Waals surface area contributed by atoms with Gasteiger partial charge in [0.2, 0.25) is 0 Å². The van der Waals surface area contributed by atoms with E-state index in [4.69, 9.17) is 0 Å². The number of likely N-dealkylation sites (N-methyl/N-ethyl adjacent to an activating group) is 1. The van der Waals surface area contributed by atoms with Crippen molar-refractivity contribution < 1.29 is 0 Å². The van der Waals surface area contributed by atoms with Gasteiger partial charge in [-0.1, -0.05) is 30.9 Å². The Bertz CT molecular complexity index is 384. The van der Waals surface area contributed by atoms with E-state index < -0.39 is 0 Å². The van der Waals surface area contributed by atoms with Crippen LogP contribution in [0.4, 0.5) is 0 Å². The van der Waals surface area contributed by atoms with Crippen molar-refractivity contribution in [1.82, 2.24) is 4.90 Å². The van der Waals surface area contributed by atoms with Crippen LogP contribution >= 0.6 is 0 Å². The van der Waals surface area contributed by atoms with Crippen LogP contribution in [0, 0.1) is 0 Å². The minimum absolute atomic E-state index is 0.157. The third-order valence-electron chi connectivity index (χ3n) is 2.30. The first kappa shape index (κ1) is 12.4. The molecule has 86 valence electrons. The molecule has 0 fully saturated rings. The number of nitrogens with zero attached hydrogens (tertiary/aromatic N) is 3. The number of aliphatic imine (C=N–C) groups is 2. The first-order valence-corrected chi connectivity index (χ1v) is 5.36. The first-order valence-electron chi connectivity index (χ1n) is 5.36. The fourth-order valence-corrected chi connectivity index (χ4v) is 1.59. The zero-order valence-electron chi connectivity index (χ0n) is 10.4. The second-order valence-electron chi connectivity index (χ2n) is 3.92. The van der Waals surface area contributed by atoms with Gasteiger partial charge in [-0.3, -0.25) is 4.99 Å². The molecule has 0 aliphatic carbocycles. The Kier molecular flexibility index (Phi) is 4.23. The van der Waals surface area contributed by atoms with Crippen molar-refractivity contribution in [2.45, 2.75) is 19.9 Å². The summed E-state index contributed by atoms with van der Waals surface area (Å²) in [6.07, 6.45) is 7.67. The molecule has 0 amide bonds. The molecule has 1 rings (SSSR count). The SMILES string of the molecule is C=C/C=C\C=C1\C(N(C)C)=NC(C)=NC1C. The Hall–Kier alpha value is -1.64. The van der Waals surface area contributed by atoms with E-state index in [1.807, 2.05) is 44.1 Å². The Balaban J connectivity index is 3.07. The molecule has 1 atom stereocenters. The summed E-state index contributed by atoms with van der Waals surface area (Å²) in [5.74, 6) is 1.81. The van der Waals surface area contributed by atoms with Crippen molar-refractivity contribution in [3.05, 3.63) is 36.5 Å². The smallest absolute Gasteiger partial charge is 0.135 e. The second kappa shape index (κ2) is 5.45. The van der Waals surface area contributed by atoms with Crippen LogP contribution in [0.1, 0.15) is 13.8 Å². The average Bonchev–Trinajstić information content (AvgIpc) is 2.20. The number of rotatable bonds is 2. The fourth-order valence-electron chi connectivity index (χ4n) is 1.59. The topological polar surface area (TPSA) is 28.0 Å². The average molecular weight is 217 g/mol. The van der Waals surface area contributed by atoms with Crippen LogP contribution in [-0.2, 0) is 0 Å². The maximum Gasteiger partial charge on any atom is 0.135 e. The van der Waals surface area contributed by atoms with Gasteiger partial charge >= 0.3 is 0 Å². The lowest BCUT2D eigenvalue weighted by atomic mass is 10.1. The summed E-state index contributed by atoms with van der Waals surface area (Å²) in [4.78, 5) is 10.9. The van der Waals surface area contributed by atoms with E-state index >= 15 is 0 Å². The van der Waals surface area contributed by atoms with E-state index in [-0.39, 0.29) is 6.04 Å². The van der Waals surface area contributed by atoms with Gasteiger partial charge in [-0.25, -0.2) is 4.99 Å². The van der Waals surface area contributed by atoms with Crippen molar-refractivity contribution in [3.63, 3.8) is 0 Å². The lowest BCUT2D eigenvalue weighted by Gasteiger charge is -2.24. The number of allylic oxidation sites excluding steroid dienone is 4. The third kappa shape index (κ3) is 2.92. The van der Waals surface area contributed by atoms with Crippen LogP contribution in [0.15, 0.2) is 46.4 Å². The number of amidine groups is 2. The lowest BCUT2D eigenvalue weighted by Crippen LogP contribution is -2.31. The van der Waals surface area contributed by atoms with Crippen LogP contribution < -0.4 is 0 Å². The molecule has 0 aromatic carbocycles. The summed E-state index contributed by atoms with van der Waals surface area (Å²) in [6.45, 7) is 7.65. The van der Waals surface area contributed by atoms with E-state index in [0.717, 1.165) is 17.2 Å². The molecule has 0 saturated carbocycles. The summed E-state index contributed by atoms with van der Waals surface area (Å²) in [6, 6.07) is 0.157. The van der Waals surface area contributed by atoms with Crippen molar-refractivity contribution in [1.29, 1.82) is 0 Å². The van der Waals surface area contributed by atoms with Gasteiger partial charge in [-0.2, -0.15) is 0 Å². The van der Waals surface area contributed by atoms with Crippen LogP contribution in [0.3, 0.4) is 0 Å². The van der Waals surface area contributed by atoms with Crippen molar-refractivity contribution in [3.8, 4) is 0 Å². The predicted molar refractivity (Wildman–Crippen MR) is 71.1 cm³/mol. The van der Waals surface area contributed by atoms with Gasteiger partial charge in [0.1, 0.15) is 11.7 Å². The molecule has 0 bridgehead atoms. The highest BCUT2D eigenvalue weighted by Crippen LogP contribution is 2.16. The zero-order chi connectivity index (χ0) is 12.1. The highest BCUT2D eigenvalue weighted by atomic mass is 15.2. The maximum absolute atomic E-state index is 4.46.